The lowest BCUT2D eigenvalue weighted by molar-refractivity contribution is 0.530. The summed E-state index contributed by atoms with van der Waals surface area (Å²) in [7, 11) is 0. The smallest absolute Gasteiger partial charge is 0.128 e. The molecule has 0 heterocycles. The van der Waals surface area contributed by atoms with Gasteiger partial charge in [0.2, 0.25) is 0 Å². The highest BCUT2D eigenvalue weighted by atomic mass is 19.1. The fourth-order valence-electron chi connectivity index (χ4n) is 2.10. The summed E-state index contributed by atoms with van der Waals surface area (Å²) in [5, 5.41) is 0. The molecule has 18 heavy (non-hydrogen) atoms. The average molecular weight is 243 g/mol. The number of halogens is 1. The number of hydrogen-bond donors (Lipinski definition) is 1. The largest absolute Gasteiger partial charge is 0.318 e. The topological polar surface area (TPSA) is 26.0 Å². The summed E-state index contributed by atoms with van der Waals surface area (Å²) in [6.45, 7) is 5.93. The molecule has 0 aliphatic heterocycles. The van der Waals surface area contributed by atoms with Crippen molar-refractivity contribution in [2.24, 2.45) is 5.73 Å². The molecule has 0 spiro atoms. The van der Waals surface area contributed by atoms with Gasteiger partial charge < -0.3 is 5.73 Å². The molecule has 0 aliphatic carbocycles. The zero-order chi connectivity index (χ0) is 13.3. The van der Waals surface area contributed by atoms with Crippen LogP contribution in [0, 0.1) is 19.7 Å². The van der Waals surface area contributed by atoms with Gasteiger partial charge in [0.15, 0.2) is 0 Å². The van der Waals surface area contributed by atoms with Crippen molar-refractivity contribution in [3.05, 3.63) is 70.5 Å². The predicted octanol–water partition coefficient (Wildman–Crippen LogP) is 3.66. The summed E-state index contributed by atoms with van der Waals surface area (Å²) < 4.78 is 13.9. The number of nitrogens with two attached hydrogens (primary N) is 1. The molecule has 1 unspecified atom stereocenters. The molecule has 0 fully saturated rings. The Balaban J connectivity index is 2.54. The fourth-order valence-corrected chi connectivity index (χ4v) is 2.10. The Labute approximate surface area is 107 Å². The summed E-state index contributed by atoms with van der Waals surface area (Å²) >= 11 is 0. The van der Waals surface area contributed by atoms with Crippen LogP contribution < -0.4 is 5.73 Å². The predicted molar refractivity (Wildman–Crippen MR) is 73.0 cm³/mol. The van der Waals surface area contributed by atoms with Gasteiger partial charge in [-0.15, -0.1) is 0 Å². The molecule has 0 aliphatic rings. The van der Waals surface area contributed by atoms with Crippen LogP contribution in [-0.4, -0.2) is 0 Å². The molecule has 0 saturated heterocycles. The van der Waals surface area contributed by atoms with Gasteiger partial charge in [0.25, 0.3) is 0 Å². The van der Waals surface area contributed by atoms with E-state index in [-0.39, 0.29) is 5.82 Å². The highest BCUT2D eigenvalue weighted by molar-refractivity contribution is 5.41. The minimum Gasteiger partial charge on any atom is -0.318 e. The minimum atomic E-state index is -0.816. The molecule has 94 valence electrons. The Morgan fingerprint density at radius 3 is 2.28 bits per heavy atom. The molecular weight excluding hydrogens is 225 g/mol. The fraction of sp³-hybridized carbons (Fsp3) is 0.250. The molecule has 0 saturated carbocycles. The van der Waals surface area contributed by atoms with E-state index in [0.29, 0.717) is 5.56 Å². The zero-order valence-corrected chi connectivity index (χ0v) is 11.0. The lowest BCUT2D eigenvalue weighted by Gasteiger charge is -2.27. The van der Waals surface area contributed by atoms with Crippen molar-refractivity contribution in [1.29, 1.82) is 0 Å². The van der Waals surface area contributed by atoms with E-state index in [2.05, 4.69) is 6.92 Å². The molecule has 2 heteroatoms. The number of benzene rings is 2. The molecule has 1 atom stereocenters. The van der Waals surface area contributed by atoms with Crippen LogP contribution in [0.5, 0.6) is 0 Å². The Morgan fingerprint density at radius 1 is 1.00 bits per heavy atom. The van der Waals surface area contributed by atoms with Crippen LogP contribution in [0.4, 0.5) is 4.39 Å². The van der Waals surface area contributed by atoms with Crippen LogP contribution in [0.3, 0.4) is 0 Å². The van der Waals surface area contributed by atoms with Gasteiger partial charge in [0.05, 0.1) is 5.54 Å². The SMILES string of the molecule is Cc1ccc(C(C)(N)c2ccccc2F)cc1C. The van der Waals surface area contributed by atoms with E-state index in [0.717, 1.165) is 5.56 Å². The van der Waals surface area contributed by atoms with Crippen molar-refractivity contribution >= 4 is 0 Å². The Hall–Kier alpha value is -1.67. The summed E-state index contributed by atoms with van der Waals surface area (Å²) in [5.41, 5.74) is 9.35. The highest BCUT2D eigenvalue weighted by Crippen LogP contribution is 2.29. The summed E-state index contributed by atoms with van der Waals surface area (Å²) in [6, 6.07) is 12.7. The maximum absolute atomic E-state index is 13.9. The Morgan fingerprint density at radius 2 is 1.67 bits per heavy atom. The van der Waals surface area contributed by atoms with E-state index in [9.17, 15) is 4.39 Å². The van der Waals surface area contributed by atoms with Gasteiger partial charge in [0.1, 0.15) is 5.82 Å². The van der Waals surface area contributed by atoms with Crippen LogP contribution >= 0.6 is 0 Å². The molecule has 0 bridgehead atoms. The molecule has 1 nitrogen and oxygen atoms in total. The molecular formula is C16H18FN. The normalized spacial score (nSPS) is 14.3. The van der Waals surface area contributed by atoms with E-state index >= 15 is 0 Å². The van der Waals surface area contributed by atoms with Crippen molar-refractivity contribution in [2.75, 3.05) is 0 Å². The molecule has 2 N–H and O–H groups in total. The quantitative estimate of drug-likeness (QED) is 0.855. The molecule has 2 rings (SSSR count). The summed E-state index contributed by atoms with van der Waals surface area (Å²) in [4.78, 5) is 0. The summed E-state index contributed by atoms with van der Waals surface area (Å²) in [5.74, 6) is -0.263. The van der Waals surface area contributed by atoms with Gasteiger partial charge in [-0.25, -0.2) is 4.39 Å². The Bertz CT molecular complexity index is 573. The first-order valence-electron chi connectivity index (χ1n) is 6.04. The van der Waals surface area contributed by atoms with Crippen LogP contribution in [-0.2, 0) is 5.54 Å². The lowest BCUT2D eigenvalue weighted by Crippen LogP contribution is -2.35. The van der Waals surface area contributed by atoms with Crippen molar-refractivity contribution in [2.45, 2.75) is 26.3 Å². The van der Waals surface area contributed by atoms with Gasteiger partial charge >= 0.3 is 0 Å². The third-order valence-electron chi connectivity index (χ3n) is 3.54. The van der Waals surface area contributed by atoms with E-state index in [1.54, 1.807) is 12.1 Å². The van der Waals surface area contributed by atoms with Gasteiger partial charge in [-0.3, -0.25) is 0 Å². The summed E-state index contributed by atoms with van der Waals surface area (Å²) in [6.07, 6.45) is 0. The number of hydrogen-bond acceptors (Lipinski definition) is 1. The van der Waals surface area contributed by atoms with Crippen molar-refractivity contribution in [3.63, 3.8) is 0 Å². The lowest BCUT2D eigenvalue weighted by atomic mass is 9.84. The third kappa shape index (κ3) is 2.16. The first-order valence-corrected chi connectivity index (χ1v) is 6.04. The molecule has 2 aromatic rings. The van der Waals surface area contributed by atoms with Gasteiger partial charge in [-0.2, -0.15) is 0 Å². The standard InChI is InChI=1S/C16H18FN/c1-11-8-9-13(10-12(11)2)16(3,18)14-6-4-5-7-15(14)17/h4-10H,18H2,1-3H3. The first-order chi connectivity index (χ1) is 8.43. The first kappa shape index (κ1) is 12.8. The molecule has 2 aromatic carbocycles. The van der Waals surface area contributed by atoms with Crippen molar-refractivity contribution < 1.29 is 4.39 Å². The van der Waals surface area contributed by atoms with Crippen LogP contribution in [0.1, 0.15) is 29.2 Å². The van der Waals surface area contributed by atoms with Crippen molar-refractivity contribution in [3.8, 4) is 0 Å². The zero-order valence-electron chi connectivity index (χ0n) is 11.0. The maximum atomic E-state index is 13.9. The van der Waals surface area contributed by atoms with Gasteiger partial charge in [0, 0.05) is 5.56 Å². The van der Waals surface area contributed by atoms with Crippen molar-refractivity contribution in [1.82, 2.24) is 0 Å². The third-order valence-corrected chi connectivity index (χ3v) is 3.54. The number of aryl methyl sites for hydroxylation is 2. The molecule has 0 aromatic heterocycles. The van der Waals surface area contributed by atoms with E-state index in [4.69, 9.17) is 5.73 Å². The molecule has 0 amide bonds. The van der Waals surface area contributed by atoms with Gasteiger partial charge in [-0.1, -0.05) is 36.4 Å². The second-order valence-corrected chi connectivity index (χ2v) is 4.98. The van der Waals surface area contributed by atoms with Crippen LogP contribution in [0.15, 0.2) is 42.5 Å². The van der Waals surface area contributed by atoms with Crippen LogP contribution in [0.25, 0.3) is 0 Å². The van der Waals surface area contributed by atoms with Crippen LogP contribution in [0.2, 0.25) is 0 Å². The second-order valence-electron chi connectivity index (χ2n) is 4.98. The monoisotopic (exact) mass is 243 g/mol. The Kier molecular flexibility index (Phi) is 3.22. The average Bonchev–Trinajstić information content (AvgIpc) is 2.33. The molecule has 0 radical (unpaired) electrons. The second kappa shape index (κ2) is 4.54. The van der Waals surface area contributed by atoms with E-state index < -0.39 is 5.54 Å². The maximum Gasteiger partial charge on any atom is 0.128 e. The van der Waals surface area contributed by atoms with E-state index in [1.165, 1.54) is 17.2 Å². The van der Waals surface area contributed by atoms with E-state index in [1.807, 2.05) is 38.1 Å². The highest BCUT2D eigenvalue weighted by Gasteiger charge is 2.26. The number of rotatable bonds is 2. The van der Waals surface area contributed by atoms with Gasteiger partial charge in [-0.05, 0) is 43.5 Å². The minimum absolute atomic E-state index is 0.263.